The lowest BCUT2D eigenvalue weighted by Crippen LogP contribution is -2.48. The number of amides is 1. The maximum absolute atomic E-state index is 12.6. The van der Waals surface area contributed by atoms with Crippen LogP contribution < -0.4 is 5.56 Å². The van der Waals surface area contributed by atoms with Gasteiger partial charge in [-0.3, -0.25) is 9.59 Å². The summed E-state index contributed by atoms with van der Waals surface area (Å²) >= 11 is 0. The van der Waals surface area contributed by atoms with Gasteiger partial charge in [0.15, 0.2) is 0 Å². The maximum Gasteiger partial charge on any atom is 0.326 e. The van der Waals surface area contributed by atoms with Gasteiger partial charge >= 0.3 is 5.97 Å². The molecular weight excluding hydrogens is 284 g/mol. The highest BCUT2D eigenvalue weighted by Crippen LogP contribution is 2.39. The molecule has 1 aromatic heterocycles. The Hall–Kier alpha value is -2.11. The molecule has 22 heavy (non-hydrogen) atoms. The number of carboxylic acid groups (broad SMARTS) is 1. The van der Waals surface area contributed by atoms with Crippen LogP contribution >= 0.6 is 0 Å². The molecule has 0 bridgehead atoms. The van der Waals surface area contributed by atoms with Crippen molar-refractivity contribution in [1.29, 1.82) is 0 Å². The largest absolute Gasteiger partial charge is 0.480 e. The lowest BCUT2D eigenvalue weighted by Gasteiger charge is -2.33. The van der Waals surface area contributed by atoms with E-state index >= 15 is 0 Å². The molecule has 3 atom stereocenters. The zero-order chi connectivity index (χ0) is 15.7. The number of nitrogens with zero attached hydrogens (tertiary/aromatic N) is 2. The second kappa shape index (κ2) is 5.94. The third-order valence-corrected chi connectivity index (χ3v) is 4.87. The van der Waals surface area contributed by atoms with Crippen LogP contribution in [0.15, 0.2) is 29.2 Å². The SMILES string of the molecule is O=C(O)[C@@H]1C[C@H]2CCCC[C@@H]2N1C(=O)Cn1ccccc1=O. The van der Waals surface area contributed by atoms with E-state index in [-0.39, 0.29) is 30.0 Å². The summed E-state index contributed by atoms with van der Waals surface area (Å²) in [4.78, 5) is 37.4. The first-order valence-electron chi connectivity index (χ1n) is 7.77. The van der Waals surface area contributed by atoms with Crippen molar-refractivity contribution >= 4 is 11.9 Å². The van der Waals surface area contributed by atoms with Gasteiger partial charge in [-0.2, -0.15) is 0 Å². The Morgan fingerprint density at radius 1 is 1.23 bits per heavy atom. The number of fused-ring (bicyclic) bond motifs is 1. The summed E-state index contributed by atoms with van der Waals surface area (Å²) in [6, 6.07) is 3.98. The second-order valence-corrected chi connectivity index (χ2v) is 6.17. The predicted molar refractivity (Wildman–Crippen MR) is 79.3 cm³/mol. The molecule has 2 heterocycles. The molecule has 1 aromatic rings. The summed E-state index contributed by atoms with van der Waals surface area (Å²) in [6.07, 6.45) is 6.09. The van der Waals surface area contributed by atoms with E-state index in [1.54, 1.807) is 18.3 Å². The van der Waals surface area contributed by atoms with Crippen molar-refractivity contribution in [2.24, 2.45) is 5.92 Å². The summed E-state index contributed by atoms with van der Waals surface area (Å²) in [7, 11) is 0. The molecule has 2 aliphatic rings. The van der Waals surface area contributed by atoms with E-state index in [9.17, 15) is 19.5 Å². The Kier molecular flexibility index (Phi) is 4.00. The van der Waals surface area contributed by atoms with Gasteiger partial charge in [-0.15, -0.1) is 0 Å². The van der Waals surface area contributed by atoms with E-state index in [1.165, 1.54) is 15.5 Å². The normalized spacial score (nSPS) is 27.5. The molecule has 0 radical (unpaired) electrons. The summed E-state index contributed by atoms with van der Waals surface area (Å²) in [5.74, 6) is -0.926. The minimum Gasteiger partial charge on any atom is -0.480 e. The first-order valence-corrected chi connectivity index (χ1v) is 7.77. The van der Waals surface area contributed by atoms with Gasteiger partial charge in [0.2, 0.25) is 5.91 Å². The predicted octanol–water partition coefficient (Wildman–Crippen LogP) is 1.09. The van der Waals surface area contributed by atoms with Crippen molar-refractivity contribution in [3.05, 3.63) is 34.7 Å². The van der Waals surface area contributed by atoms with Crippen LogP contribution in [0.5, 0.6) is 0 Å². The third-order valence-electron chi connectivity index (χ3n) is 4.87. The van der Waals surface area contributed by atoms with E-state index < -0.39 is 12.0 Å². The first-order chi connectivity index (χ1) is 10.6. The molecule has 1 N–H and O–H groups in total. The molecule has 0 aromatic carbocycles. The van der Waals surface area contributed by atoms with Gasteiger partial charge in [0.05, 0.1) is 0 Å². The molecule has 118 valence electrons. The van der Waals surface area contributed by atoms with E-state index in [0.717, 1.165) is 25.7 Å². The molecule has 3 rings (SSSR count). The molecule has 1 saturated carbocycles. The topological polar surface area (TPSA) is 79.6 Å². The number of pyridine rings is 1. The molecule has 1 aliphatic heterocycles. The highest BCUT2D eigenvalue weighted by atomic mass is 16.4. The van der Waals surface area contributed by atoms with Crippen molar-refractivity contribution in [3.8, 4) is 0 Å². The number of carboxylic acids is 1. The van der Waals surface area contributed by atoms with Crippen LogP contribution in [0.25, 0.3) is 0 Å². The van der Waals surface area contributed by atoms with Crippen LogP contribution in [0.3, 0.4) is 0 Å². The number of carbonyl (C=O) groups is 2. The molecule has 6 nitrogen and oxygen atoms in total. The highest BCUT2D eigenvalue weighted by Gasteiger charge is 2.47. The zero-order valence-electron chi connectivity index (χ0n) is 12.4. The number of aromatic nitrogens is 1. The number of rotatable bonds is 3. The Morgan fingerprint density at radius 2 is 2.00 bits per heavy atom. The minimum absolute atomic E-state index is 0.0155. The van der Waals surface area contributed by atoms with E-state index in [1.807, 2.05) is 0 Å². The van der Waals surface area contributed by atoms with Crippen LogP contribution in [0.4, 0.5) is 0 Å². The summed E-state index contributed by atoms with van der Waals surface area (Å²) in [5, 5.41) is 9.44. The summed E-state index contributed by atoms with van der Waals surface area (Å²) in [5.41, 5.74) is -0.248. The number of hydrogen-bond acceptors (Lipinski definition) is 3. The van der Waals surface area contributed by atoms with Gasteiger partial charge in [0, 0.05) is 18.3 Å². The van der Waals surface area contributed by atoms with Crippen LogP contribution in [0.2, 0.25) is 0 Å². The monoisotopic (exact) mass is 304 g/mol. The Morgan fingerprint density at radius 3 is 2.73 bits per heavy atom. The fourth-order valence-corrected chi connectivity index (χ4v) is 3.86. The molecule has 1 aliphatic carbocycles. The Balaban J connectivity index is 1.83. The van der Waals surface area contributed by atoms with Crippen molar-refractivity contribution < 1.29 is 14.7 Å². The van der Waals surface area contributed by atoms with Gasteiger partial charge in [-0.25, -0.2) is 4.79 Å². The number of hydrogen-bond donors (Lipinski definition) is 1. The van der Waals surface area contributed by atoms with Gasteiger partial charge in [-0.1, -0.05) is 18.9 Å². The standard InChI is InChI=1S/C16H20N2O4/c19-14-7-3-4-8-17(14)10-15(20)18-12-6-2-1-5-11(12)9-13(18)16(21)22/h3-4,7-8,11-13H,1-2,5-6,9-10H2,(H,21,22)/t11-,12+,13+/m1/s1. The lowest BCUT2D eigenvalue weighted by atomic mass is 9.85. The minimum atomic E-state index is -0.942. The molecule has 2 fully saturated rings. The van der Waals surface area contributed by atoms with Gasteiger partial charge < -0.3 is 14.6 Å². The molecule has 6 heteroatoms. The van der Waals surface area contributed by atoms with E-state index in [0.29, 0.717) is 6.42 Å². The van der Waals surface area contributed by atoms with Gasteiger partial charge in [-0.05, 0) is 31.2 Å². The molecule has 0 spiro atoms. The molecular formula is C16H20N2O4. The van der Waals surface area contributed by atoms with Gasteiger partial charge in [0.25, 0.3) is 5.56 Å². The average molecular weight is 304 g/mol. The molecule has 1 amide bonds. The van der Waals surface area contributed by atoms with Crippen molar-refractivity contribution in [2.75, 3.05) is 0 Å². The molecule has 1 saturated heterocycles. The summed E-state index contributed by atoms with van der Waals surface area (Å²) < 4.78 is 1.33. The Labute approximate surface area is 128 Å². The van der Waals surface area contributed by atoms with Crippen LogP contribution in [0.1, 0.15) is 32.1 Å². The van der Waals surface area contributed by atoms with E-state index in [4.69, 9.17) is 0 Å². The van der Waals surface area contributed by atoms with Crippen LogP contribution in [0, 0.1) is 5.92 Å². The lowest BCUT2D eigenvalue weighted by molar-refractivity contribution is -0.150. The van der Waals surface area contributed by atoms with Crippen molar-refractivity contribution in [2.45, 2.75) is 50.7 Å². The van der Waals surface area contributed by atoms with Crippen LogP contribution in [-0.4, -0.2) is 38.5 Å². The molecule has 0 unspecified atom stereocenters. The fourth-order valence-electron chi connectivity index (χ4n) is 3.86. The summed E-state index contributed by atoms with van der Waals surface area (Å²) in [6.45, 7) is -0.0906. The van der Waals surface area contributed by atoms with Crippen molar-refractivity contribution in [3.63, 3.8) is 0 Å². The zero-order valence-corrected chi connectivity index (χ0v) is 12.4. The number of likely N-dealkylation sites (tertiary alicyclic amines) is 1. The smallest absolute Gasteiger partial charge is 0.326 e. The Bertz CT molecular complexity index is 639. The fraction of sp³-hybridized carbons (Fsp3) is 0.562. The van der Waals surface area contributed by atoms with Crippen LogP contribution in [-0.2, 0) is 16.1 Å². The number of aliphatic carboxylic acids is 1. The average Bonchev–Trinajstić information content (AvgIpc) is 2.89. The number of carbonyl (C=O) groups excluding carboxylic acids is 1. The quantitative estimate of drug-likeness (QED) is 0.906. The highest BCUT2D eigenvalue weighted by molar-refractivity contribution is 5.84. The second-order valence-electron chi connectivity index (χ2n) is 6.17. The first kappa shape index (κ1) is 14.8. The maximum atomic E-state index is 12.6. The van der Waals surface area contributed by atoms with E-state index in [2.05, 4.69) is 0 Å². The van der Waals surface area contributed by atoms with Gasteiger partial charge in [0.1, 0.15) is 12.6 Å². The third kappa shape index (κ3) is 2.65. The van der Waals surface area contributed by atoms with Crippen molar-refractivity contribution in [1.82, 2.24) is 9.47 Å².